The first-order valence-corrected chi connectivity index (χ1v) is 9.02. The molecule has 0 saturated carbocycles. The molecular formula is C19H19ClN4O2. The van der Waals surface area contributed by atoms with E-state index in [-0.39, 0.29) is 22.5 Å². The molecule has 6 nitrogen and oxygen atoms in total. The lowest BCUT2D eigenvalue weighted by molar-refractivity contribution is 0.0989. The number of ether oxygens (including phenoxy) is 1. The van der Waals surface area contributed by atoms with E-state index in [2.05, 4.69) is 46.7 Å². The monoisotopic (exact) mass is 370 g/mol. The third-order valence-electron chi connectivity index (χ3n) is 4.62. The second-order valence-electron chi connectivity index (χ2n) is 6.36. The first-order valence-electron chi connectivity index (χ1n) is 8.64. The zero-order chi connectivity index (χ0) is 18.3. The molecule has 0 fully saturated rings. The van der Waals surface area contributed by atoms with Gasteiger partial charge in [0.2, 0.25) is 5.88 Å². The van der Waals surface area contributed by atoms with Crippen LogP contribution in [0.15, 0.2) is 30.7 Å². The summed E-state index contributed by atoms with van der Waals surface area (Å²) in [4.78, 5) is 22.7. The SMILES string of the molecule is CCCn1cc(C)c2cc(N3CCOc4ncnc(Cl)c4C3=O)ccc21. The fourth-order valence-corrected chi connectivity index (χ4v) is 3.62. The summed E-state index contributed by atoms with van der Waals surface area (Å²) in [5.41, 5.74) is 3.40. The van der Waals surface area contributed by atoms with E-state index in [4.69, 9.17) is 16.3 Å². The van der Waals surface area contributed by atoms with Crippen molar-refractivity contribution in [1.29, 1.82) is 0 Å². The molecule has 1 aromatic carbocycles. The van der Waals surface area contributed by atoms with E-state index in [1.807, 2.05) is 6.07 Å². The minimum Gasteiger partial charge on any atom is -0.475 e. The number of aromatic nitrogens is 3. The van der Waals surface area contributed by atoms with Crippen molar-refractivity contribution in [3.63, 3.8) is 0 Å². The van der Waals surface area contributed by atoms with Crippen LogP contribution in [0.25, 0.3) is 10.9 Å². The molecule has 1 aliphatic heterocycles. The molecule has 0 atom stereocenters. The molecule has 0 bridgehead atoms. The Labute approximate surface area is 156 Å². The van der Waals surface area contributed by atoms with Gasteiger partial charge in [-0.15, -0.1) is 0 Å². The fourth-order valence-electron chi connectivity index (χ4n) is 3.41. The van der Waals surface area contributed by atoms with Gasteiger partial charge in [0.05, 0.1) is 6.54 Å². The Morgan fingerprint density at radius 2 is 2.15 bits per heavy atom. The van der Waals surface area contributed by atoms with Crippen LogP contribution < -0.4 is 9.64 Å². The van der Waals surface area contributed by atoms with Gasteiger partial charge < -0.3 is 14.2 Å². The van der Waals surface area contributed by atoms with Gasteiger partial charge in [0.25, 0.3) is 5.91 Å². The molecule has 7 heteroatoms. The van der Waals surface area contributed by atoms with Crippen molar-refractivity contribution in [3.05, 3.63) is 47.0 Å². The van der Waals surface area contributed by atoms with Gasteiger partial charge >= 0.3 is 0 Å². The van der Waals surface area contributed by atoms with Crippen LogP contribution in [0.2, 0.25) is 5.15 Å². The predicted octanol–water partition coefficient (Wildman–Crippen LogP) is 3.84. The second kappa shape index (κ2) is 6.61. The van der Waals surface area contributed by atoms with Crippen molar-refractivity contribution in [2.75, 3.05) is 18.1 Å². The average molecular weight is 371 g/mol. The number of aryl methyl sites for hydroxylation is 2. The topological polar surface area (TPSA) is 60.2 Å². The molecule has 3 heterocycles. The molecule has 1 aliphatic rings. The number of anilines is 1. The third-order valence-corrected chi connectivity index (χ3v) is 4.91. The highest BCUT2D eigenvalue weighted by molar-refractivity contribution is 6.33. The summed E-state index contributed by atoms with van der Waals surface area (Å²) in [5.74, 6) is -0.00282. The Morgan fingerprint density at radius 3 is 2.96 bits per heavy atom. The van der Waals surface area contributed by atoms with Gasteiger partial charge in [-0.1, -0.05) is 18.5 Å². The second-order valence-corrected chi connectivity index (χ2v) is 6.71. The predicted molar refractivity (Wildman–Crippen MR) is 101 cm³/mol. The van der Waals surface area contributed by atoms with E-state index in [1.54, 1.807) is 4.90 Å². The Kier molecular flexibility index (Phi) is 4.28. The molecule has 26 heavy (non-hydrogen) atoms. The van der Waals surface area contributed by atoms with Crippen molar-refractivity contribution >= 4 is 34.1 Å². The van der Waals surface area contributed by atoms with Crippen LogP contribution in [0.4, 0.5) is 5.69 Å². The number of nitrogens with zero attached hydrogens (tertiary/aromatic N) is 4. The maximum absolute atomic E-state index is 13.1. The summed E-state index contributed by atoms with van der Waals surface area (Å²) in [6.45, 7) is 5.99. The quantitative estimate of drug-likeness (QED) is 0.657. The number of carbonyl (C=O) groups excluding carboxylic acids is 1. The number of fused-ring (bicyclic) bond motifs is 2. The van der Waals surface area contributed by atoms with Crippen LogP contribution >= 0.6 is 11.6 Å². The van der Waals surface area contributed by atoms with Gasteiger partial charge in [0.15, 0.2) is 0 Å². The van der Waals surface area contributed by atoms with Gasteiger partial charge in [-0.3, -0.25) is 4.79 Å². The number of amides is 1. The molecule has 4 rings (SSSR count). The molecule has 0 spiro atoms. The highest BCUT2D eigenvalue weighted by Gasteiger charge is 2.29. The van der Waals surface area contributed by atoms with E-state index >= 15 is 0 Å². The van der Waals surface area contributed by atoms with Crippen molar-refractivity contribution in [3.8, 4) is 5.88 Å². The molecule has 0 aliphatic carbocycles. The van der Waals surface area contributed by atoms with Crippen molar-refractivity contribution in [2.45, 2.75) is 26.8 Å². The number of carbonyl (C=O) groups is 1. The maximum Gasteiger partial charge on any atom is 0.267 e. The first kappa shape index (κ1) is 16.8. The van der Waals surface area contributed by atoms with Crippen LogP contribution in [-0.2, 0) is 6.54 Å². The Hall–Kier alpha value is -2.60. The van der Waals surface area contributed by atoms with Crippen LogP contribution in [-0.4, -0.2) is 33.6 Å². The molecule has 2 aromatic heterocycles. The normalized spacial score (nSPS) is 14.3. The lowest BCUT2D eigenvalue weighted by atomic mass is 10.1. The number of halogens is 1. The summed E-state index contributed by atoms with van der Waals surface area (Å²) in [7, 11) is 0. The minimum absolute atomic E-state index is 0.109. The van der Waals surface area contributed by atoms with Crippen molar-refractivity contribution < 1.29 is 9.53 Å². The minimum atomic E-state index is -0.243. The van der Waals surface area contributed by atoms with Gasteiger partial charge in [-0.25, -0.2) is 9.97 Å². The van der Waals surface area contributed by atoms with Crippen molar-refractivity contribution in [1.82, 2.24) is 14.5 Å². The molecule has 134 valence electrons. The molecule has 3 aromatic rings. The summed E-state index contributed by atoms with van der Waals surface area (Å²) in [6, 6.07) is 6.09. The zero-order valence-corrected chi connectivity index (χ0v) is 15.5. The summed E-state index contributed by atoms with van der Waals surface area (Å²) in [6.07, 6.45) is 4.53. The number of hydrogen-bond acceptors (Lipinski definition) is 4. The number of benzene rings is 1. The van der Waals surface area contributed by atoms with E-state index in [9.17, 15) is 4.79 Å². The molecular weight excluding hydrogens is 352 g/mol. The number of hydrogen-bond donors (Lipinski definition) is 0. The number of rotatable bonds is 3. The summed E-state index contributed by atoms with van der Waals surface area (Å²) >= 11 is 6.14. The summed E-state index contributed by atoms with van der Waals surface area (Å²) in [5, 5.41) is 1.25. The zero-order valence-electron chi connectivity index (χ0n) is 14.7. The standard InChI is InChI=1S/C19H19ClN4O2/c1-3-6-23-10-12(2)14-9-13(4-5-15(14)23)24-7-8-26-18-16(19(24)25)17(20)21-11-22-18/h4-5,9-11H,3,6-8H2,1-2H3. The molecule has 0 saturated heterocycles. The molecule has 0 radical (unpaired) electrons. The van der Waals surface area contributed by atoms with Crippen LogP contribution in [0.1, 0.15) is 29.3 Å². The van der Waals surface area contributed by atoms with Crippen LogP contribution in [0, 0.1) is 6.92 Å². The highest BCUT2D eigenvalue weighted by Crippen LogP contribution is 2.31. The Balaban J connectivity index is 1.78. The molecule has 0 N–H and O–H groups in total. The fraction of sp³-hybridized carbons (Fsp3) is 0.316. The molecule has 0 unspecified atom stereocenters. The van der Waals surface area contributed by atoms with E-state index in [1.165, 1.54) is 17.4 Å². The smallest absolute Gasteiger partial charge is 0.267 e. The van der Waals surface area contributed by atoms with E-state index in [0.29, 0.717) is 13.2 Å². The van der Waals surface area contributed by atoms with Gasteiger partial charge in [-0.05, 0) is 37.1 Å². The van der Waals surface area contributed by atoms with Gasteiger partial charge in [0, 0.05) is 29.3 Å². The van der Waals surface area contributed by atoms with E-state index in [0.717, 1.165) is 24.0 Å². The van der Waals surface area contributed by atoms with E-state index < -0.39 is 0 Å². The maximum atomic E-state index is 13.1. The first-order chi connectivity index (χ1) is 12.6. The van der Waals surface area contributed by atoms with Crippen molar-refractivity contribution in [2.24, 2.45) is 0 Å². The largest absolute Gasteiger partial charge is 0.475 e. The Bertz CT molecular complexity index is 999. The average Bonchev–Trinajstić information content (AvgIpc) is 2.82. The lowest BCUT2D eigenvalue weighted by Crippen LogP contribution is -2.32. The highest BCUT2D eigenvalue weighted by atomic mass is 35.5. The summed E-state index contributed by atoms with van der Waals surface area (Å²) < 4.78 is 7.85. The van der Waals surface area contributed by atoms with Crippen LogP contribution in [0.5, 0.6) is 5.88 Å². The van der Waals surface area contributed by atoms with Crippen LogP contribution in [0.3, 0.4) is 0 Å². The Morgan fingerprint density at radius 1 is 1.31 bits per heavy atom. The lowest BCUT2D eigenvalue weighted by Gasteiger charge is -2.20. The third kappa shape index (κ3) is 2.70. The van der Waals surface area contributed by atoms with Gasteiger partial charge in [-0.2, -0.15) is 0 Å². The molecule has 1 amide bonds. The van der Waals surface area contributed by atoms with Gasteiger partial charge in [0.1, 0.15) is 23.7 Å².